The molecule has 0 spiro atoms. The van der Waals surface area contributed by atoms with Crippen molar-refractivity contribution in [1.29, 1.82) is 0 Å². The Balaban J connectivity index is 1.40. The first-order chi connectivity index (χ1) is 15.1. The summed E-state index contributed by atoms with van der Waals surface area (Å²) in [6.07, 6.45) is 6.69. The Labute approximate surface area is 180 Å². The number of hydrogen-bond acceptors (Lipinski definition) is 3. The fourth-order valence-corrected chi connectivity index (χ4v) is 4.13. The zero-order valence-corrected chi connectivity index (χ0v) is 17.4. The first-order valence-corrected chi connectivity index (χ1v) is 10.5. The SMILES string of the molecule is COc1cccc(Cn2ccc3cc(Cc4ncc(C5CC5)cc4C(=O)O)ccc32)c1. The lowest BCUT2D eigenvalue weighted by molar-refractivity contribution is 0.0695. The van der Waals surface area contributed by atoms with Crippen molar-refractivity contribution in [2.45, 2.75) is 31.7 Å². The van der Waals surface area contributed by atoms with Gasteiger partial charge in [0.05, 0.1) is 18.4 Å². The van der Waals surface area contributed by atoms with Gasteiger partial charge in [0.25, 0.3) is 0 Å². The van der Waals surface area contributed by atoms with E-state index in [1.807, 2.05) is 30.5 Å². The molecule has 0 amide bonds. The van der Waals surface area contributed by atoms with E-state index in [4.69, 9.17) is 4.74 Å². The smallest absolute Gasteiger partial charge is 0.337 e. The molecule has 2 heterocycles. The molecule has 1 aliphatic rings. The van der Waals surface area contributed by atoms with Crippen molar-refractivity contribution < 1.29 is 14.6 Å². The van der Waals surface area contributed by atoms with E-state index in [0.29, 0.717) is 23.6 Å². The van der Waals surface area contributed by atoms with Gasteiger partial charge in [0.1, 0.15) is 5.75 Å². The maximum atomic E-state index is 11.8. The highest BCUT2D eigenvalue weighted by Crippen LogP contribution is 2.40. The fourth-order valence-electron chi connectivity index (χ4n) is 4.13. The molecule has 1 fully saturated rings. The van der Waals surface area contributed by atoms with Gasteiger partial charge in [0.2, 0.25) is 0 Å². The van der Waals surface area contributed by atoms with Crippen LogP contribution >= 0.6 is 0 Å². The molecule has 1 saturated carbocycles. The monoisotopic (exact) mass is 412 g/mol. The minimum absolute atomic E-state index is 0.320. The van der Waals surface area contributed by atoms with Crippen LogP contribution in [0.1, 0.15) is 51.5 Å². The summed E-state index contributed by atoms with van der Waals surface area (Å²) in [5.41, 5.74) is 5.35. The maximum Gasteiger partial charge on any atom is 0.337 e. The third-order valence-electron chi connectivity index (χ3n) is 5.96. The third-order valence-corrected chi connectivity index (χ3v) is 5.96. The number of methoxy groups -OCH3 is 1. The molecule has 0 unspecified atom stereocenters. The van der Waals surface area contributed by atoms with E-state index >= 15 is 0 Å². The van der Waals surface area contributed by atoms with Crippen LogP contribution in [0.25, 0.3) is 10.9 Å². The lowest BCUT2D eigenvalue weighted by atomic mass is 10.0. The minimum atomic E-state index is -0.907. The number of aromatic carboxylic acids is 1. The topological polar surface area (TPSA) is 64.4 Å². The quantitative estimate of drug-likeness (QED) is 0.450. The Morgan fingerprint density at radius 2 is 2.00 bits per heavy atom. The number of hydrogen-bond donors (Lipinski definition) is 1. The van der Waals surface area contributed by atoms with Crippen molar-refractivity contribution in [3.63, 3.8) is 0 Å². The molecule has 2 aromatic heterocycles. The number of benzene rings is 2. The van der Waals surface area contributed by atoms with Crippen LogP contribution < -0.4 is 4.74 Å². The predicted octanol–water partition coefficient (Wildman–Crippen LogP) is 5.26. The molecule has 2 aromatic carbocycles. The average Bonchev–Trinajstić information content (AvgIpc) is 3.56. The van der Waals surface area contributed by atoms with Gasteiger partial charge in [0.15, 0.2) is 0 Å². The number of pyridine rings is 1. The van der Waals surface area contributed by atoms with E-state index in [1.165, 1.54) is 5.56 Å². The number of rotatable bonds is 7. The van der Waals surface area contributed by atoms with E-state index in [2.05, 4.69) is 46.1 Å². The molecule has 1 aliphatic carbocycles. The molecule has 5 rings (SSSR count). The molecule has 0 aliphatic heterocycles. The lowest BCUT2D eigenvalue weighted by Crippen LogP contribution is -2.07. The van der Waals surface area contributed by atoms with Crippen LogP contribution in [-0.2, 0) is 13.0 Å². The van der Waals surface area contributed by atoms with Crippen molar-refractivity contribution >= 4 is 16.9 Å². The van der Waals surface area contributed by atoms with Crippen LogP contribution in [-0.4, -0.2) is 27.7 Å². The van der Waals surface area contributed by atoms with E-state index in [-0.39, 0.29) is 0 Å². The first-order valence-electron chi connectivity index (χ1n) is 10.5. The van der Waals surface area contributed by atoms with Gasteiger partial charge < -0.3 is 14.4 Å². The Bertz CT molecular complexity index is 1270. The summed E-state index contributed by atoms with van der Waals surface area (Å²) in [4.78, 5) is 16.3. The van der Waals surface area contributed by atoms with Gasteiger partial charge in [-0.3, -0.25) is 4.98 Å². The van der Waals surface area contributed by atoms with Crippen molar-refractivity contribution in [3.05, 3.63) is 94.9 Å². The van der Waals surface area contributed by atoms with Crippen LogP contribution in [0.15, 0.2) is 67.0 Å². The van der Waals surface area contributed by atoms with Gasteiger partial charge in [-0.05, 0) is 77.2 Å². The second-order valence-electron chi connectivity index (χ2n) is 8.21. The third kappa shape index (κ3) is 4.04. The standard InChI is InChI=1S/C26H24N2O3/c1-31-22-4-2-3-18(12-22)16-28-10-9-20-11-17(5-8-25(20)28)13-24-23(26(29)30)14-21(15-27-24)19-6-7-19/h2-5,8-12,14-15,19H,6-7,13,16H2,1H3,(H,29,30). The Kier molecular flexibility index (Phi) is 4.94. The van der Waals surface area contributed by atoms with Crippen LogP contribution in [0.2, 0.25) is 0 Å². The summed E-state index contributed by atoms with van der Waals surface area (Å²) >= 11 is 0. The Morgan fingerprint density at radius 1 is 1.13 bits per heavy atom. The zero-order valence-electron chi connectivity index (χ0n) is 17.4. The minimum Gasteiger partial charge on any atom is -0.497 e. The molecule has 0 saturated heterocycles. The molecule has 5 heteroatoms. The van der Waals surface area contributed by atoms with Crippen LogP contribution in [0.3, 0.4) is 0 Å². The lowest BCUT2D eigenvalue weighted by Gasteiger charge is -2.10. The largest absolute Gasteiger partial charge is 0.497 e. The number of carbonyl (C=O) groups is 1. The number of carboxylic acids is 1. The Hall–Kier alpha value is -3.60. The van der Waals surface area contributed by atoms with Gasteiger partial charge in [-0.15, -0.1) is 0 Å². The summed E-state index contributed by atoms with van der Waals surface area (Å²) in [7, 11) is 1.68. The molecule has 1 N–H and O–H groups in total. The maximum absolute atomic E-state index is 11.8. The molecule has 0 radical (unpaired) electrons. The summed E-state index contributed by atoms with van der Waals surface area (Å²) in [6, 6.07) is 18.3. The highest BCUT2D eigenvalue weighted by Gasteiger charge is 2.25. The summed E-state index contributed by atoms with van der Waals surface area (Å²) in [6.45, 7) is 0.757. The highest BCUT2D eigenvalue weighted by molar-refractivity contribution is 5.89. The normalized spacial score (nSPS) is 13.5. The molecule has 5 nitrogen and oxygen atoms in total. The molecule has 0 bridgehead atoms. The molecular weight excluding hydrogens is 388 g/mol. The zero-order chi connectivity index (χ0) is 21.4. The molecule has 156 valence electrons. The molecule has 31 heavy (non-hydrogen) atoms. The number of carboxylic acid groups (broad SMARTS) is 1. The van der Waals surface area contributed by atoms with E-state index in [1.54, 1.807) is 7.11 Å². The van der Waals surface area contributed by atoms with Gasteiger partial charge in [-0.1, -0.05) is 18.2 Å². The molecular formula is C26H24N2O3. The summed E-state index contributed by atoms with van der Waals surface area (Å²) < 4.78 is 7.53. The van der Waals surface area contributed by atoms with E-state index in [9.17, 15) is 9.90 Å². The van der Waals surface area contributed by atoms with Crippen molar-refractivity contribution in [3.8, 4) is 5.75 Å². The molecule has 0 atom stereocenters. The fraction of sp³-hybridized carbons (Fsp3) is 0.231. The van der Waals surface area contributed by atoms with E-state index < -0.39 is 5.97 Å². The van der Waals surface area contributed by atoms with Crippen molar-refractivity contribution in [2.24, 2.45) is 0 Å². The second-order valence-corrected chi connectivity index (χ2v) is 8.21. The van der Waals surface area contributed by atoms with Gasteiger partial charge in [-0.2, -0.15) is 0 Å². The van der Waals surface area contributed by atoms with Crippen molar-refractivity contribution in [1.82, 2.24) is 9.55 Å². The molecule has 4 aromatic rings. The number of fused-ring (bicyclic) bond motifs is 1. The number of aromatic nitrogens is 2. The first kappa shape index (κ1) is 19.4. The van der Waals surface area contributed by atoms with Gasteiger partial charge in [-0.25, -0.2) is 4.79 Å². The van der Waals surface area contributed by atoms with Crippen LogP contribution in [0.4, 0.5) is 0 Å². The number of nitrogens with zero attached hydrogens (tertiary/aromatic N) is 2. The van der Waals surface area contributed by atoms with Crippen LogP contribution in [0, 0.1) is 0 Å². The summed E-state index contributed by atoms with van der Waals surface area (Å²) in [5.74, 6) is 0.432. The van der Waals surface area contributed by atoms with Gasteiger partial charge in [0, 0.05) is 30.9 Å². The Morgan fingerprint density at radius 3 is 2.77 bits per heavy atom. The van der Waals surface area contributed by atoms with Gasteiger partial charge >= 0.3 is 5.97 Å². The van der Waals surface area contributed by atoms with E-state index in [0.717, 1.165) is 47.2 Å². The highest BCUT2D eigenvalue weighted by atomic mass is 16.5. The number of ether oxygens (including phenoxy) is 1. The van der Waals surface area contributed by atoms with Crippen LogP contribution in [0.5, 0.6) is 5.75 Å². The average molecular weight is 412 g/mol. The predicted molar refractivity (Wildman–Crippen MR) is 120 cm³/mol. The summed E-state index contributed by atoms with van der Waals surface area (Å²) in [5, 5.41) is 10.8. The second kappa shape index (κ2) is 7.91. The van der Waals surface area contributed by atoms with Crippen molar-refractivity contribution in [2.75, 3.05) is 7.11 Å².